The van der Waals surface area contributed by atoms with Gasteiger partial charge in [-0.05, 0) is 85.0 Å². The Balaban J connectivity index is 4.34. The molecule has 8 heteroatoms. The molecule has 0 aromatic rings. The monoisotopic (exact) mass is 598 g/mol. The average molecular weight is 599 g/mol. The Labute approximate surface area is 259 Å². The summed E-state index contributed by atoms with van der Waals surface area (Å²) in [4.78, 5) is 48.0. The lowest BCUT2D eigenvalue weighted by atomic mass is 10.1. The highest BCUT2D eigenvalue weighted by atomic mass is 16.6. The fraction of sp³-hybridized carbons (Fsp3) is 0.543. The zero-order chi connectivity index (χ0) is 32.2. The molecule has 0 saturated carbocycles. The van der Waals surface area contributed by atoms with Gasteiger partial charge in [0, 0.05) is 25.1 Å². The molecule has 0 rings (SSSR count). The topological polar surface area (TPSA) is 111 Å². The molecule has 1 atom stereocenters. The van der Waals surface area contributed by atoms with Crippen molar-refractivity contribution >= 4 is 23.8 Å². The number of hydrogen-bond donors (Lipinski definition) is 2. The quantitative estimate of drug-likeness (QED) is 0.0617. The average Bonchev–Trinajstić information content (AvgIpc) is 2.95. The van der Waals surface area contributed by atoms with Crippen molar-refractivity contribution in [2.45, 2.75) is 110 Å². The number of nitrogens with one attached hydrogen (secondary N) is 2. The standard InChI is InChI=1S/C35H54N2O6/c1-6-7-8-9-10-11-12-13-14-15-16-17-18-19-20-21-22-26-32(39)37-30(34(41)43-35(2,3)4)25-23-24-29-36-31(38)27-28-33(40)42-5/h7-8,10-11,13-14,16-17,19-20,27-28,30H,6,9,12,15,18,21-26,29H2,1-5H3,(H,36,38)(H,37,39)/b8-7-,11-10-,14-13-,17-16-,20-19-,28-27+. The summed E-state index contributed by atoms with van der Waals surface area (Å²) in [5.41, 5.74) is -0.668. The number of unbranched alkanes of at least 4 members (excludes halogenated alkanes) is 2. The Morgan fingerprint density at radius 1 is 0.744 bits per heavy atom. The van der Waals surface area contributed by atoms with Gasteiger partial charge < -0.3 is 20.1 Å². The van der Waals surface area contributed by atoms with Gasteiger partial charge in [-0.2, -0.15) is 0 Å². The van der Waals surface area contributed by atoms with Crippen molar-refractivity contribution in [3.8, 4) is 0 Å². The molecule has 0 aliphatic heterocycles. The van der Waals surface area contributed by atoms with E-state index in [1.54, 1.807) is 20.8 Å². The van der Waals surface area contributed by atoms with E-state index < -0.39 is 29.5 Å². The second-order valence-corrected chi connectivity index (χ2v) is 10.9. The first kappa shape index (κ1) is 39.3. The van der Waals surface area contributed by atoms with Gasteiger partial charge in [0.05, 0.1) is 7.11 Å². The third kappa shape index (κ3) is 26.9. The molecule has 0 bridgehead atoms. The van der Waals surface area contributed by atoms with E-state index in [1.807, 2.05) is 0 Å². The minimum absolute atomic E-state index is 0.190. The molecule has 0 saturated heterocycles. The summed E-state index contributed by atoms with van der Waals surface area (Å²) in [5, 5.41) is 5.48. The molecule has 0 spiro atoms. The van der Waals surface area contributed by atoms with Crippen molar-refractivity contribution in [3.05, 3.63) is 72.9 Å². The molecule has 0 radical (unpaired) electrons. The smallest absolute Gasteiger partial charge is 0.330 e. The number of carbonyl (C=O) groups is 4. The summed E-state index contributed by atoms with van der Waals surface area (Å²) in [7, 11) is 1.23. The molecule has 0 aliphatic rings. The van der Waals surface area contributed by atoms with Crippen LogP contribution in [0.15, 0.2) is 72.9 Å². The molecule has 2 amide bonds. The molecule has 0 heterocycles. The molecule has 43 heavy (non-hydrogen) atoms. The van der Waals surface area contributed by atoms with E-state index in [9.17, 15) is 19.2 Å². The number of amides is 2. The van der Waals surface area contributed by atoms with Crippen molar-refractivity contribution in [3.63, 3.8) is 0 Å². The lowest BCUT2D eigenvalue weighted by molar-refractivity contribution is -0.159. The molecule has 0 aromatic heterocycles. The fourth-order valence-corrected chi connectivity index (χ4v) is 3.59. The number of hydrogen-bond acceptors (Lipinski definition) is 6. The highest BCUT2D eigenvalue weighted by Gasteiger charge is 2.26. The van der Waals surface area contributed by atoms with E-state index in [2.05, 4.69) is 83.1 Å². The van der Waals surface area contributed by atoms with Crippen molar-refractivity contribution in [1.29, 1.82) is 0 Å². The van der Waals surface area contributed by atoms with Crippen LogP contribution in [0.25, 0.3) is 0 Å². The first-order chi connectivity index (χ1) is 20.6. The van der Waals surface area contributed by atoms with Crippen LogP contribution in [0.5, 0.6) is 0 Å². The van der Waals surface area contributed by atoms with E-state index >= 15 is 0 Å². The second kappa shape index (κ2) is 26.0. The van der Waals surface area contributed by atoms with E-state index in [0.717, 1.165) is 50.7 Å². The van der Waals surface area contributed by atoms with E-state index in [-0.39, 0.29) is 5.91 Å². The Bertz CT molecular complexity index is 983. The normalized spacial score (nSPS) is 13.1. The number of esters is 2. The van der Waals surface area contributed by atoms with E-state index in [4.69, 9.17) is 4.74 Å². The van der Waals surface area contributed by atoms with Gasteiger partial charge in [0.1, 0.15) is 11.6 Å². The van der Waals surface area contributed by atoms with Gasteiger partial charge in [-0.15, -0.1) is 0 Å². The predicted molar refractivity (Wildman–Crippen MR) is 174 cm³/mol. The minimum Gasteiger partial charge on any atom is -0.466 e. The molecule has 8 nitrogen and oxygen atoms in total. The maximum atomic E-state index is 12.7. The SMILES string of the molecule is CC/C=C\C/C=C\C/C=C\C/C=C\C/C=C\CCCC(=O)NC(CCCCNC(=O)/C=C/C(=O)OC)C(=O)OC(C)(C)C. The predicted octanol–water partition coefficient (Wildman–Crippen LogP) is 6.75. The molecule has 0 fully saturated rings. The van der Waals surface area contributed by atoms with Gasteiger partial charge in [-0.25, -0.2) is 9.59 Å². The summed E-state index contributed by atoms with van der Waals surface area (Å²) in [5.74, 6) is -1.67. The van der Waals surface area contributed by atoms with Crippen molar-refractivity contribution in [2.24, 2.45) is 0 Å². The van der Waals surface area contributed by atoms with Gasteiger partial charge in [0.2, 0.25) is 11.8 Å². The number of methoxy groups -OCH3 is 1. The Hall–Kier alpha value is -3.68. The summed E-state index contributed by atoms with van der Waals surface area (Å²) >= 11 is 0. The van der Waals surface area contributed by atoms with Crippen LogP contribution in [0.4, 0.5) is 0 Å². The van der Waals surface area contributed by atoms with Crippen LogP contribution in [0.1, 0.15) is 98.3 Å². The lowest BCUT2D eigenvalue weighted by Crippen LogP contribution is -2.44. The first-order valence-electron chi connectivity index (χ1n) is 15.4. The highest BCUT2D eigenvalue weighted by Crippen LogP contribution is 2.12. The Morgan fingerprint density at radius 3 is 1.84 bits per heavy atom. The fourth-order valence-electron chi connectivity index (χ4n) is 3.59. The van der Waals surface area contributed by atoms with Gasteiger partial charge in [-0.3, -0.25) is 9.59 Å². The largest absolute Gasteiger partial charge is 0.466 e. The van der Waals surface area contributed by atoms with Crippen LogP contribution in [0.2, 0.25) is 0 Å². The van der Waals surface area contributed by atoms with Gasteiger partial charge >= 0.3 is 11.9 Å². The number of carbonyl (C=O) groups excluding carboxylic acids is 4. The molecule has 240 valence electrons. The molecular formula is C35H54N2O6. The van der Waals surface area contributed by atoms with Crippen LogP contribution in [0.3, 0.4) is 0 Å². The highest BCUT2D eigenvalue weighted by molar-refractivity contribution is 5.94. The molecule has 1 unspecified atom stereocenters. The van der Waals surface area contributed by atoms with Gasteiger partial charge in [-0.1, -0.05) is 67.7 Å². The van der Waals surface area contributed by atoms with Gasteiger partial charge in [0.25, 0.3) is 0 Å². The number of rotatable bonds is 22. The van der Waals surface area contributed by atoms with Crippen LogP contribution >= 0.6 is 0 Å². The van der Waals surface area contributed by atoms with Crippen molar-refractivity contribution in [1.82, 2.24) is 10.6 Å². The summed E-state index contributed by atoms with van der Waals surface area (Å²) in [6, 6.07) is -0.754. The maximum Gasteiger partial charge on any atom is 0.330 e. The van der Waals surface area contributed by atoms with Crippen LogP contribution < -0.4 is 10.6 Å². The lowest BCUT2D eigenvalue weighted by Gasteiger charge is -2.24. The second-order valence-electron chi connectivity index (χ2n) is 10.9. The first-order valence-corrected chi connectivity index (χ1v) is 15.4. The van der Waals surface area contributed by atoms with Crippen LogP contribution in [0, 0.1) is 0 Å². The summed E-state index contributed by atoms with van der Waals surface area (Å²) < 4.78 is 9.94. The maximum absolute atomic E-state index is 12.7. The number of ether oxygens (including phenoxy) is 2. The zero-order valence-electron chi connectivity index (χ0n) is 26.9. The molecule has 2 N–H and O–H groups in total. The minimum atomic E-state index is -0.754. The Kier molecular flexibility index (Phi) is 23.8. The van der Waals surface area contributed by atoms with E-state index in [0.29, 0.717) is 38.6 Å². The van der Waals surface area contributed by atoms with Gasteiger partial charge in [0.15, 0.2) is 0 Å². The van der Waals surface area contributed by atoms with Crippen molar-refractivity contribution in [2.75, 3.05) is 13.7 Å². The van der Waals surface area contributed by atoms with E-state index in [1.165, 1.54) is 7.11 Å². The summed E-state index contributed by atoms with van der Waals surface area (Å²) in [6.07, 6.45) is 31.8. The zero-order valence-corrected chi connectivity index (χ0v) is 26.9. The van der Waals surface area contributed by atoms with Crippen LogP contribution in [-0.4, -0.2) is 49.1 Å². The molecule has 0 aliphatic carbocycles. The number of allylic oxidation sites excluding steroid dienone is 10. The summed E-state index contributed by atoms with van der Waals surface area (Å²) in [6.45, 7) is 7.86. The molecule has 0 aromatic carbocycles. The Morgan fingerprint density at radius 2 is 1.30 bits per heavy atom. The van der Waals surface area contributed by atoms with Crippen molar-refractivity contribution < 1.29 is 28.7 Å². The molecular weight excluding hydrogens is 544 g/mol. The van der Waals surface area contributed by atoms with Crippen LogP contribution in [-0.2, 0) is 28.7 Å². The third-order valence-electron chi connectivity index (χ3n) is 5.75. The third-order valence-corrected chi connectivity index (χ3v) is 5.75.